The summed E-state index contributed by atoms with van der Waals surface area (Å²) in [6, 6.07) is 4.11. The summed E-state index contributed by atoms with van der Waals surface area (Å²) >= 11 is 0. The van der Waals surface area contributed by atoms with Gasteiger partial charge in [-0.15, -0.1) is 0 Å². The second-order valence-electron chi connectivity index (χ2n) is 6.61. The molecule has 1 aromatic carbocycles. The highest BCUT2D eigenvalue weighted by atomic mass is 16.5. The Morgan fingerprint density at radius 1 is 1.48 bits per heavy atom. The summed E-state index contributed by atoms with van der Waals surface area (Å²) < 4.78 is 5.73. The molecule has 2 aliphatic heterocycles. The maximum Gasteiger partial charge on any atom is 0.234 e. The summed E-state index contributed by atoms with van der Waals surface area (Å²) in [5.41, 5.74) is 10.2. The number of nitrogens with one attached hydrogen (secondary N) is 1. The van der Waals surface area contributed by atoms with Crippen molar-refractivity contribution in [2.75, 3.05) is 11.9 Å². The molecule has 21 heavy (non-hydrogen) atoms. The van der Waals surface area contributed by atoms with Crippen LogP contribution in [0.15, 0.2) is 12.1 Å². The van der Waals surface area contributed by atoms with Crippen LogP contribution < -0.4 is 11.1 Å². The largest absolute Gasteiger partial charge is 0.376 e. The Kier molecular flexibility index (Phi) is 3.54. The second kappa shape index (κ2) is 5.11. The van der Waals surface area contributed by atoms with Crippen LogP contribution in [0.2, 0.25) is 0 Å². The van der Waals surface area contributed by atoms with Gasteiger partial charge in [0.2, 0.25) is 5.91 Å². The normalized spacial score (nSPS) is 24.8. The van der Waals surface area contributed by atoms with Crippen molar-refractivity contribution in [3.05, 3.63) is 28.8 Å². The van der Waals surface area contributed by atoms with Crippen molar-refractivity contribution < 1.29 is 9.53 Å². The number of nitrogens with two attached hydrogens (primary N) is 1. The van der Waals surface area contributed by atoms with Gasteiger partial charge in [-0.05, 0) is 49.8 Å². The molecule has 114 valence electrons. The van der Waals surface area contributed by atoms with Gasteiger partial charge in [0, 0.05) is 12.3 Å². The summed E-state index contributed by atoms with van der Waals surface area (Å²) in [5, 5.41) is 3.03. The zero-order chi connectivity index (χ0) is 15.2. The average Bonchev–Trinajstić information content (AvgIpc) is 3.06. The molecule has 1 saturated heterocycles. The van der Waals surface area contributed by atoms with E-state index in [0.29, 0.717) is 0 Å². The molecule has 2 atom stereocenters. The first kappa shape index (κ1) is 14.5. The SMILES string of the molecule is CCc1cc(C(N)C2CCCO2)cc2c1NC(=O)C2(C)C. The number of amides is 1. The fourth-order valence-corrected chi connectivity index (χ4v) is 3.33. The van der Waals surface area contributed by atoms with Crippen molar-refractivity contribution in [3.8, 4) is 0 Å². The number of rotatable bonds is 3. The first-order valence-electron chi connectivity index (χ1n) is 7.81. The number of benzene rings is 1. The summed E-state index contributed by atoms with van der Waals surface area (Å²) in [4.78, 5) is 12.2. The number of carbonyl (C=O) groups is 1. The van der Waals surface area contributed by atoms with Crippen molar-refractivity contribution in [2.24, 2.45) is 5.73 Å². The van der Waals surface area contributed by atoms with Crippen molar-refractivity contribution in [1.82, 2.24) is 0 Å². The van der Waals surface area contributed by atoms with Crippen LogP contribution in [0, 0.1) is 0 Å². The number of ether oxygens (including phenoxy) is 1. The van der Waals surface area contributed by atoms with E-state index in [9.17, 15) is 4.79 Å². The lowest BCUT2D eigenvalue weighted by molar-refractivity contribution is -0.119. The molecule has 0 aromatic heterocycles. The van der Waals surface area contributed by atoms with Gasteiger partial charge in [-0.1, -0.05) is 19.1 Å². The van der Waals surface area contributed by atoms with E-state index >= 15 is 0 Å². The van der Waals surface area contributed by atoms with Crippen molar-refractivity contribution in [3.63, 3.8) is 0 Å². The molecule has 4 heteroatoms. The molecule has 0 aliphatic carbocycles. The number of hydrogen-bond acceptors (Lipinski definition) is 3. The molecule has 0 saturated carbocycles. The summed E-state index contributed by atoms with van der Waals surface area (Å²) in [7, 11) is 0. The number of aryl methyl sites for hydroxylation is 1. The smallest absolute Gasteiger partial charge is 0.234 e. The van der Waals surface area contributed by atoms with Crippen LogP contribution >= 0.6 is 0 Å². The first-order valence-corrected chi connectivity index (χ1v) is 7.81. The number of fused-ring (bicyclic) bond motifs is 1. The molecule has 3 N–H and O–H groups in total. The summed E-state index contributed by atoms with van der Waals surface area (Å²) in [6.07, 6.45) is 3.07. The maximum atomic E-state index is 12.2. The van der Waals surface area contributed by atoms with Crippen LogP contribution in [0.25, 0.3) is 0 Å². The van der Waals surface area contributed by atoms with Crippen molar-refractivity contribution in [2.45, 2.75) is 57.6 Å². The molecule has 1 amide bonds. The van der Waals surface area contributed by atoms with Gasteiger partial charge >= 0.3 is 0 Å². The maximum absolute atomic E-state index is 12.2. The van der Waals surface area contributed by atoms with Gasteiger partial charge in [-0.25, -0.2) is 0 Å². The molecule has 2 unspecified atom stereocenters. The summed E-state index contributed by atoms with van der Waals surface area (Å²) in [5.74, 6) is 0.0648. The lowest BCUT2D eigenvalue weighted by Crippen LogP contribution is -2.28. The number of carbonyl (C=O) groups excluding carboxylic acids is 1. The topological polar surface area (TPSA) is 64.3 Å². The Morgan fingerprint density at radius 2 is 2.24 bits per heavy atom. The fraction of sp³-hybridized carbons (Fsp3) is 0.588. The molecule has 2 heterocycles. The minimum absolute atomic E-state index is 0.0648. The highest BCUT2D eigenvalue weighted by Crippen LogP contribution is 2.41. The van der Waals surface area contributed by atoms with Crippen LogP contribution in [-0.4, -0.2) is 18.6 Å². The van der Waals surface area contributed by atoms with E-state index < -0.39 is 5.41 Å². The van der Waals surface area contributed by atoms with Gasteiger partial charge in [0.15, 0.2) is 0 Å². The van der Waals surface area contributed by atoms with Gasteiger partial charge < -0.3 is 15.8 Å². The highest BCUT2D eigenvalue weighted by molar-refractivity contribution is 6.06. The molecule has 1 aromatic rings. The van der Waals surface area contributed by atoms with E-state index in [2.05, 4.69) is 24.4 Å². The van der Waals surface area contributed by atoms with E-state index in [1.54, 1.807) is 0 Å². The Morgan fingerprint density at radius 3 is 2.86 bits per heavy atom. The van der Waals surface area contributed by atoms with E-state index in [4.69, 9.17) is 10.5 Å². The fourth-order valence-electron chi connectivity index (χ4n) is 3.33. The van der Waals surface area contributed by atoms with Crippen molar-refractivity contribution in [1.29, 1.82) is 0 Å². The standard InChI is InChI=1S/C17H24N2O2/c1-4-10-8-11(14(18)13-6-5-7-21-13)9-12-15(10)19-16(20)17(12,2)3/h8-9,13-14H,4-7,18H2,1-3H3,(H,19,20). The van der Waals surface area contributed by atoms with Crippen LogP contribution in [0.4, 0.5) is 5.69 Å². The van der Waals surface area contributed by atoms with Crippen LogP contribution in [0.1, 0.15) is 56.3 Å². The molecule has 3 rings (SSSR count). The third-order valence-corrected chi connectivity index (χ3v) is 4.85. The molecule has 1 fully saturated rings. The lowest BCUT2D eigenvalue weighted by Gasteiger charge is -2.23. The van der Waals surface area contributed by atoms with E-state index in [1.807, 2.05) is 13.8 Å². The Bertz CT molecular complexity index is 574. The van der Waals surface area contributed by atoms with E-state index in [1.165, 1.54) is 0 Å². The van der Waals surface area contributed by atoms with Gasteiger partial charge in [-0.2, -0.15) is 0 Å². The zero-order valence-electron chi connectivity index (χ0n) is 13.0. The van der Waals surface area contributed by atoms with Gasteiger partial charge in [0.05, 0.1) is 17.6 Å². The second-order valence-corrected chi connectivity index (χ2v) is 6.61. The minimum Gasteiger partial charge on any atom is -0.376 e. The van der Waals surface area contributed by atoms with Crippen LogP contribution in [0.5, 0.6) is 0 Å². The Balaban J connectivity index is 2.04. The molecule has 0 radical (unpaired) electrons. The van der Waals surface area contributed by atoms with Crippen molar-refractivity contribution >= 4 is 11.6 Å². The quantitative estimate of drug-likeness (QED) is 0.898. The van der Waals surface area contributed by atoms with Gasteiger partial charge in [0.25, 0.3) is 0 Å². The summed E-state index contributed by atoms with van der Waals surface area (Å²) in [6.45, 7) is 6.84. The first-order chi connectivity index (χ1) is 9.95. The van der Waals surface area contributed by atoms with Crippen LogP contribution in [-0.2, 0) is 21.4 Å². The van der Waals surface area contributed by atoms with Gasteiger partial charge in [-0.3, -0.25) is 4.79 Å². The molecular weight excluding hydrogens is 264 g/mol. The minimum atomic E-state index is -0.495. The lowest BCUT2D eigenvalue weighted by atomic mass is 9.83. The Labute approximate surface area is 126 Å². The van der Waals surface area contributed by atoms with E-state index in [-0.39, 0.29) is 18.1 Å². The monoisotopic (exact) mass is 288 g/mol. The van der Waals surface area contributed by atoms with Crippen LogP contribution in [0.3, 0.4) is 0 Å². The molecule has 2 aliphatic rings. The van der Waals surface area contributed by atoms with E-state index in [0.717, 1.165) is 48.2 Å². The zero-order valence-corrected chi connectivity index (χ0v) is 13.0. The highest BCUT2D eigenvalue weighted by Gasteiger charge is 2.40. The number of anilines is 1. The predicted molar refractivity (Wildman–Crippen MR) is 83.4 cm³/mol. The van der Waals surface area contributed by atoms with Gasteiger partial charge in [0.1, 0.15) is 0 Å². The number of hydrogen-bond donors (Lipinski definition) is 2. The predicted octanol–water partition coefficient (Wildman–Crippen LogP) is 2.66. The molecule has 0 bridgehead atoms. The third kappa shape index (κ3) is 2.27. The molecule has 4 nitrogen and oxygen atoms in total. The Hall–Kier alpha value is -1.39. The third-order valence-electron chi connectivity index (χ3n) is 4.85. The molecule has 0 spiro atoms. The molecular formula is C17H24N2O2. The average molecular weight is 288 g/mol.